The van der Waals surface area contributed by atoms with E-state index < -0.39 is 5.97 Å². The molecule has 0 atom stereocenters. The summed E-state index contributed by atoms with van der Waals surface area (Å²) >= 11 is 0. The van der Waals surface area contributed by atoms with Gasteiger partial charge in [-0.1, -0.05) is 0 Å². The maximum Gasteiger partial charge on any atom is 0.341 e. The zero-order valence-electron chi connectivity index (χ0n) is 9.48. The van der Waals surface area contributed by atoms with Gasteiger partial charge in [0, 0.05) is 0 Å². The van der Waals surface area contributed by atoms with Gasteiger partial charge in [-0.25, -0.2) is 13.9 Å². The molecule has 0 saturated heterocycles. The molecule has 1 aromatic carbocycles. The number of hydrogen-bond donors (Lipinski definition) is 0. The third-order valence-corrected chi connectivity index (χ3v) is 2.49. The highest BCUT2D eigenvalue weighted by Gasteiger charge is 2.15. The van der Waals surface area contributed by atoms with E-state index in [-0.39, 0.29) is 5.82 Å². The quantitative estimate of drug-likeness (QED) is 0.747. The predicted molar refractivity (Wildman–Crippen MR) is 59.6 cm³/mol. The van der Waals surface area contributed by atoms with E-state index in [2.05, 4.69) is 9.84 Å². The number of rotatable bonds is 2. The van der Waals surface area contributed by atoms with E-state index >= 15 is 0 Å². The Morgan fingerprint density at radius 2 is 2.00 bits per heavy atom. The van der Waals surface area contributed by atoms with Crippen LogP contribution in [0.15, 0.2) is 30.5 Å². The van der Waals surface area contributed by atoms with Crippen LogP contribution in [0.3, 0.4) is 0 Å². The first kappa shape index (κ1) is 11.3. The maximum absolute atomic E-state index is 12.8. The highest BCUT2D eigenvalue weighted by atomic mass is 19.1. The van der Waals surface area contributed by atoms with E-state index in [0.717, 1.165) is 0 Å². The number of esters is 1. The van der Waals surface area contributed by atoms with Crippen molar-refractivity contribution in [2.24, 2.45) is 0 Å². The average molecular weight is 234 g/mol. The first-order chi connectivity index (χ1) is 8.13. The number of halogens is 1. The van der Waals surface area contributed by atoms with Gasteiger partial charge in [-0.3, -0.25) is 0 Å². The van der Waals surface area contributed by atoms with Crippen molar-refractivity contribution in [2.75, 3.05) is 7.11 Å². The summed E-state index contributed by atoms with van der Waals surface area (Å²) in [4.78, 5) is 11.4. The Bertz CT molecular complexity index is 546. The molecule has 0 saturated carbocycles. The van der Waals surface area contributed by atoms with Crippen molar-refractivity contribution in [3.8, 4) is 5.69 Å². The van der Waals surface area contributed by atoms with Crippen LogP contribution in [-0.4, -0.2) is 22.9 Å². The highest BCUT2D eigenvalue weighted by Crippen LogP contribution is 2.15. The molecule has 5 heteroatoms. The molecular formula is C12H11FN2O2. The average Bonchev–Trinajstić information content (AvgIpc) is 2.71. The molecule has 4 nitrogen and oxygen atoms in total. The van der Waals surface area contributed by atoms with Crippen molar-refractivity contribution < 1.29 is 13.9 Å². The Kier molecular flexibility index (Phi) is 2.91. The molecule has 0 unspecified atom stereocenters. The van der Waals surface area contributed by atoms with Gasteiger partial charge < -0.3 is 4.74 Å². The first-order valence-corrected chi connectivity index (χ1v) is 5.02. The van der Waals surface area contributed by atoms with Crippen LogP contribution in [0.5, 0.6) is 0 Å². The van der Waals surface area contributed by atoms with Crippen LogP contribution in [0, 0.1) is 12.7 Å². The Morgan fingerprint density at radius 3 is 2.59 bits per heavy atom. The van der Waals surface area contributed by atoms with E-state index in [1.54, 1.807) is 23.7 Å². The largest absolute Gasteiger partial charge is 0.465 e. The monoisotopic (exact) mass is 234 g/mol. The van der Waals surface area contributed by atoms with Gasteiger partial charge >= 0.3 is 5.97 Å². The molecule has 17 heavy (non-hydrogen) atoms. The minimum absolute atomic E-state index is 0.313. The van der Waals surface area contributed by atoms with E-state index in [1.165, 1.54) is 25.4 Å². The first-order valence-electron chi connectivity index (χ1n) is 5.02. The van der Waals surface area contributed by atoms with Crippen molar-refractivity contribution in [3.63, 3.8) is 0 Å². The third-order valence-electron chi connectivity index (χ3n) is 2.49. The van der Waals surface area contributed by atoms with E-state index in [1.807, 2.05) is 0 Å². The van der Waals surface area contributed by atoms with Gasteiger partial charge in [0.25, 0.3) is 0 Å². The number of aromatic nitrogens is 2. The van der Waals surface area contributed by atoms with Gasteiger partial charge in [-0.15, -0.1) is 0 Å². The summed E-state index contributed by atoms with van der Waals surface area (Å²) < 4.78 is 19.0. The summed E-state index contributed by atoms with van der Waals surface area (Å²) in [6, 6.07) is 5.87. The smallest absolute Gasteiger partial charge is 0.341 e. The normalized spacial score (nSPS) is 10.3. The third kappa shape index (κ3) is 2.04. The molecule has 0 aliphatic rings. The van der Waals surface area contributed by atoms with Gasteiger partial charge in [-0.05, 0) is 31.2 Å². The number of ether oxygens (including phenoxy) is 1. The van der Waals surface area contributed by atoms with E-state index in [0.29, 0.717) is 16.9 Å². The van der Waals surface area contributed by atoms with Gasteiger partial charge in [0.05, 0.1) is 24.7 Å². The molecule has 0 bridgehead atoms. The fourth-order valence-corrected chi connectivity index (χ4v) is 1.56. The van der Waals surface area contributed by atoms with Gasteiger partial charge in [0.1, 0.15) is 11.4 Å². The molecule has 88 valence electrons. The lowest BCUT2D eigenvalue weighted by Gasteiger charge is -2.04. The van der Waals surface area contributed by atoms with E-state index in [9.17, 15) is 9.18 Å². The number of carbonyl (C=O) groups is 1. The van der Waals surface area contributed by atoms with Crippen LogP contribution in [0.1, 0.15) is 16.1 Å². The molecule has 0 spiro atoms. The Morgan fingerprint density at radius 1 is 1.35 bits per heavy atom. The molecule has 1 heterocycles. The van der Waals surface area contributed by atoms with Gasteiger partial charge in [-0.2, -0.15) is 5.10 Å². The second kappa shape index (κ2) is 4.37. The second-order valence-electron chi connectivity index (χ2n) is 3.52. The van der Waals surface area contributed by atoms with Crippen molar-refractivity contribution >= 4 is 5.97 Å². The van der Waals surface area contributed by atoms with Crippen LogP contribution in [-0.2, 0) is 4.74 Å². The topological polar surface area (TPSA) is 44.1 Å². The summed E-state index contributed by atoms with van der Waals surface area (Å²) in [5.74, 6) is -0.748. The summed E-state index contributed by atoms with van der Waals surface area (Å²) in [5, 5.41) is 4.08. The van der Waals surface area contributed by atoms with Crippen molar-refractivity contribution in [1.29, 1.82) is 0 Å². The van der Waals surface area contributed by atoms with Gasteiger partial charge in [0.2, 0.25) is 0 Å². The SMILES string of the molecule is COC(=O)c1cnn(-c2ccc(F)cc2)c1C. The molecular weight excluding hydrogens is 223 g/mol. The lowest BCUT2D eigenvalue weighted by atomic mass is 10.2. The van der Waals surface area contributed by atoms with Crippen LogP contribution in [0.4, 0.5) is 4.39 Å². The number of carbonyl (C=O) groups excluding carboxylic acids is 1. The summed E-state index contributed by atoms with van der Waals surface area (Å²) in [6.07, 6.45) is 1.44. The standard InChI is InChI=1S/C12H11FN2O2/c1-8-11(12(16)17-2)7-14-15(8)10-5-3-9(13)4-6-10/h3-7H,1-2H3. The van der Waals surface area contributed by atoms with Gasteiger partial charge in [0.15, 0.2) is 0 Å². The number of nitrogens with zero attached hydrogens (tertiary/aromatic N) is 2. The maximum atomic E-state index is 12.8. The highest BCUT2D eigenvalue weighted by molar-refractivity contribution is 5.90. The number of benzene rings is 1. The summed E-state index contributed by atoms with van der Waals surface area (Å²) in [5.41, 5.74) is 1.75. The van der Waals surface area contributed by atoms with Crippen LogP contribution in [0.2, 0.25) is 0 Å². The molecule has 0 fully saturated rings. The Labute approximate surface area is 97.6 Å². The second-order valence-corrected chi connectivity index (χ2v) is 3.52. The van der Waals surface area contributed by atoms with Crippen LogP contribution in [0.25, 0.3) is 5.69 Å². The molecule has 2 rings (SSSR count). The Balaban J connectivity index is 2.44. The zero-order chi connectivity index (χ0) is 12.4. The number of methoxy groups -OCH3 is 1. The van der Waals surface area contributed by atoms with Crippen LogP contribution >= 0.6 is 0 Å². The lowest BCUT2D eigenvalue weighted by molar-refractivity contribution is 0.0600. The minimum Gasteiger partial charge on any atom is -0.465 e. The lowest BCUT2D eigenvalue weighted by Crippen LogP contribution is -2.04. The molecule has 2 aromatic rings. The molecule has 0 aliphatic heterocycles. The number of hydrogen-bond acceptors (Lipinski definition) is 3. The van der Waals surface area contributed by atoms with Crippen LogP contribution < -0.4 is 0 Å². The molecule has 0 aliphatic carbocycles. The fraction of sp³-hybridized carbons (Fsp3) is 0.167. The zero-order valence-corrected chi connectivity index (χ0v) is 9.48. The molecule has 0 N–H and O–H groups in total. The summed E-state index contributed by atoms with van der Waals surface area (Å²) in [6.45, 7) is 1.75. The minimum atomic E-state index is -0.434. The molecule has 0 radical (unpaired) electrons. The van der Waals surface area contributed by atoms with Crippen molar-refractivity contribution in [2.45, 2.75) is 6.92 Å². The fourth-order valence-electron chi connectivity index (χ4n) is 1.56. The molecule has 1 aromatic heterocycles. The predicted octanol–water partition coefficient (Wildman–Crippen LogP) is 2.11. The Hall–Kier alpha value is -2.17. The summed E-state index contributed by atoms with van der Waals surface area (Å²) in [7, 11) is 1.32. The van der Waals surface area contributed by atoms with E-state index in [4.69, 9.17) is 0 Å². The van der Waals surface area contributed by atoms with Crippen molar-refractivity contribution in [1.82, 2.24) is 9.78 Å². The molecule has 0 amide bonds. The van der Waals surface area contributed by atoms with Crippen molar-refractivity contribution in [3.05, 3.63) is 47.5 Å².